The van der Waals surface area contributed by atoms with E-state index in [-0.39, 0.29) is 4.90 Å². The van der Waals surface area contributed by atoms with Crippen molar-refractivity contribution in [2.75, 3.05) is 44.2 Å². The normalized spacial score (nSPS) is 19.0. The van der Waals surface area contributed by atoms with E-state index in [9.17, 15) is 8.42 Å². The van der Waals surface area contributed by atoms with E-state index in [1.807, 2.05) is 30.3 Å². The number of aromatic nitrogens is 1. The largest absolute Gasteiger partial charge is 0.355 e. The second kappa shape index (κ2) is 9.77. The van der Waals surface area contributed by atoms with Gasteiger partial charge >= 0.3 is 0 Å². The maximum atomic E-state index is 12.8. The summed E-state index contributed by atoms with van der Waals surface area (Å²) in [6.45, 7) is 5.72. The molecule has 3 heterocycles. The minimum Gasteiger partial charge on any atom is -0.355 e. The summed E-state index contributed by atoms with van der Waals surface area (Å²) in [6.07, 6.45) is 5.49. The van der Waals surface area contributed by atoms with Gasteiger partial charge in [-0.3, -0.25) is 4.90 Å². The van der Waals surface area contributed by atoms with E-state index in [4.69, 9.17) is 5.26 Å². The third kappa shape index (κ3) is 5.24. The lowest BCUT2D eigenvalue weighted by Gasteiger charge is -2.26. The second-order valence-electron chi connectivity index (χ2n) is 8.24. The van der Waals surface area contributed by atoms with E-state index in [1.165, 1.54) is 11.8 Å². The van der Waals surface area contributed by atoms with Gasteiger partial charge in [-0.1, -0.05) is 18.6 Å². The summed E-state index contributed by atoms with van der Waals surface area (Å²) < 4.78 is 27.3. The minimum atomic E-state index is -3.44. The van der Waals surface area contributed by atoms with Gasteiger partial charge in [0.2, 0.25) is 10.0 Å². The number of sulfonamides is 1. The Morgan fingerprint density at radius 1 is 0.871 bits per heavy atom. The van der Waals surface area contributed by atoms with E-state index < -0.39 is 10.0 Å². The predicted molar refractivity (Wildman–Crippen MR) is 120 cm³/mol. The van der Waals surface area contributed by atoms with Gasteiger partial charge in [-0.25, -0.2) is 13.4 Å². The topological polar surface area (TPSA) is 80.5 Å². The first-order valence-electron chi connectivity index (χ1n) is 11.0. The van der Waals surface area contributed by atoms with Crippen LogP contribution in [0.5, 0.6) is 0 Å². The van der Waals surface area contributed by atoms with Gasteiger partial charge in [0, 0.05) is 52.0 Å². The van der Waals surface area contributed by atoms with Crippen LogP contribution in [0.1, 0.15) is 36.8 Å². The van der Waals surface area contributed by atoms with Crippen LogP contribution in [-0.4, -0.2) is 61.9 Å². The molecule has 2 aliphatic rings. The number of hydrogen-bond donors (Lipinski definition) is 0. The quantitative estimate of drug-likeness (QED) is 0.713. The summed E-state index contributed by atoms with van der Waals surface area (Å²) in [4.78, 5) is 9.44. The first-order chi connectivity index (χ1) is 15.1. The lowest BCUT2D eigenvalue weighted by atomic mass is 10.1. The summed E-state index contributed by atoms with van der Waals surface area (Å²) in [5.74, 6) is 0.831. The Bertz CT molecular complexity index is 1010. The van der Waals surface area contributed by atoms with Crippen molar-refractivity contribution in [3.63, 3.8) is 0 Å². The molecule has 8 heteroatoms. The molecular weight excluding hydrogens is 410 g/mol. The smallest absolute Gasteiger partial charge is 0.244 e. The minimum absolute atomic E-state index is 0.287. The first kappa shape index (κ1) is 21.8. The average Bonchev–Trinajstić information content (AvgIpc) is 3.06. The molecular formula is C23H29N5O2S. The van der Waals surface area contributed by atoms with Crippen LogP contribution in [0.25, 0.3) is 0 Å². The zero-order valence-corrected chi connectivity index (χ0v) is 18.6. The first-order valence-corrected chi connectivity index (χ1v) is 12.4. The van der Waals surface area contributed by atoms with Gasteiger partial charge in [0.15, 0.2) is 0 Å². The molecule has 2 fully saturated rings. The third-order valence-electron chi connectivity index (χ3n) is 6.08. The molecule has 2 saturated heterocycles. The summed E-state index contributed by atoms with van der Waals surface area (Å²) >= 11 is 0. The Morgan fingerprint density at radius 3 is 2.32 bits per heavy atom. The molecule has 0 bridgehead atoms. The maximum absolute atomic E-state index is 12.8. The number of pyridine rings is 1. The lowest BCUT2D eigenvalue weighted by molar-refractivity contribution is 0.285. The Hall–Kier alpha value is -2.47. The van der Waals surface area contributed by atoms with Gasteiger partial charge in [-0.15, -0.1) is 0 Å². The van der Waals surface area contributed by atoms with Crippen molar-refractivity contribution in [3.8, 4) is 6.07 Å². The zero-order chi connectivity index (χ0) is 21.7. The standard InChI is InChI=1S/C23H29N5O2S/c24-17-20-5-7-21(8-6-20)19-26-11-4-12-27(16-15-26)23-10-9-22(18-25-23)31(29,30)28-13-2-1-3-14-28/h5-10,18H,1-4,11-16,19H2. The van der Waals surface area contributed by atoms with Crippen LogP contribution >= 0.6 is 0 Å². The predicted octanol–water partition coefficient (Wildman–Crippen LogP) is 2.84. The number of benzene rings is 1. The molecule has 0 N–H and O–H groups in total. The van der Waals surface area contributed by atoms with Crippen molar-refractivity contribution < 1.29 is 8.42 Å². The van der Waals surface area contributed by atoms with Crippen LogP contribution in [0.15, 0.2) is 47.5 Å². The molecule has 0 unspecified atom stereocenters. The molecule has 7 nitrogen and oxygen atoms in total. The van der Waals surface area contributed by atoms with Crippen LogP contribution < -0.4 is 4.90 Å². The molecule has 0 amide bonds. The van der Waals surface area contributed by atoms with Crippen LogP contribution in [0, 0.1) is 11.3 Å². The zero-order valence-electron chi connectivity index (χ0n) is 17.8. The fourth-order valence-electron chi connectivity index (χ4n) is 4.27. The number of hydrogen-bond acceptors (Lipinski definition) is 6. The Labute approximate surface area is 185 Å². The van der Waals surface area contributed by atoms with Crippen molar-refractivity contribution in [3.05, 3.63) is 53.7 Å². The van der Waals surface area contributed by atoms with Crippen molar-refractivity contribution in [1.29, 1.82) is 5.26 Å². The molecule has 1 aromatic carbocycles. The van der Waals surface area contributed by atoms with E-state index >= 15 is 0 Å². The van der Waals surface area contributed by atoms with Gasteiger partial charge in [0.25, 0.3) is 0 Å². The van der Waals surface area contributed by atoms with E-state index in [0.717, 1.165) is 64.2 Å². The molecule has 0 saturated carbocycles. The van der Waals surface area contributed by atoms with Crippen molar-refractivity contribution >= 4 is 15.8 Å². The van der Waals surface area contributed by atoms with Crippen LogP contribution in [0.3, 0.4) is 0 Å². The Kier molecular flexibility index (Phi) is 6.86. The molecule has 2 aromatic rings. The third-order valence-corrected chi connectivity index (χ3v) is 7.96. The van der Waals surface area contributed by atoms with Gasteiger partial charge < -0.3 is 4.90 Å². The lowest BCUT2D eigenvalue weighted by Crippen LogP contribution is -2.35. The van der Waals surface area contributed by atoms with Crippen molar-refractivity contribution in [2.45, 2.75) is 37.1 Å². The molecule has 0 aliphatic carbocycles. The fraction of sp³-hybridized carbons (Fsp3) is 0.478. The highest BCUT2D eigenvalue weighted by Crippen LogP contribution is 2.22. The molecule has 1 aromatic heterocycles. The molecule has 0 spiro atoms. The highest BCUT2D eigenvalue weighted by atomic mass is 32.2. The highest BCUT2D eigenvalue weighted by Gasteiger charge is 2.26. The summed E-state index contributed by atoms with van der Waals surface area (Å²) in [6, 6.07) is 13.5. The second-order valence-corrected chi connectivity index (χ2v) is 10.2. The van der Waals surface area contributed by atoms with E-state index in [0.29, 0.717) is 18.7 Å². The summed E-state index contributed by atoms with van der Waals surface area (Å²) in [5.41, 5.74) is 1.89. The van der Waals surface area contributed by atoms with Gasteiger partial charge in [0.1, 0.15) is 10.7 Å². The Balaban J connectivity index is 1.37. The number of anilines is 1. The van der Waals surface area contributed by atoms with Crippen LogP contribution in [-0.2, 0) is 16.6 Å². The van der Waals surface area contributed by atoms with Gasteiger partial charge in [-0.2, -0.15) is 9.57 Å². The molecule has 0 radical (unpaired) electrons. The molecule has 2 aliphatic heterocycles. The molecule has 0 atom stereocenters. The van der Waals surface area contributed by atoms with Crippen molar-refractivity contribution in [2.24, 2.45) is 0 Å². The van der Waals surface area contributed by atoms with Crippen LogP contribution in [0.4, 0.5) is 5.82 Å². The van der Waals surface area contributed by atoms with Crippen molar-refractivity contribution in [1.82, 2.24) is 14.2 Å². The van der Waals surface area contributed by atoms with Gasteiger partial charge in [0.05, 0.1) is 11.6 Å². The maximum Gasteiger partial charge on any atom is 0.244 e. The summed E-state index contributed by atoms with van der Waals surface area (Å²) in [5, 5.41) is 8.94. The average molecular weight is 440 g/mol. The fourth-order valence-corrected chi connectivity index (χ4v) is 5.73. The van der Waals surface area contributed by atoms with Gasteiger partial charge in [-0.05, 0) is 49.1 Å². The number of nitriles is 1. The monoisotopic (exact) mass is 439 g/mol. The molecule has 4 rings (SSSR count). The van der Waals surface area contributed by atoms with E-state index in [2.05, 4.69) is 20.9 Å². The Morgan fingerprint density at radius 2 is 1.65 bits per heavy atom. The number of nitrogens with zero attached hydrogens (tertiary/aromatic N) is 5. The number of piperidine rings is 1. The number of rotatable bonds is 5. The SMILES string of the molecule is N#Cc1ccc(CN2CCCN(c3ccc(S(=O)(=O)N4CCCCC4)cn3)CC2)cc1. The molecule has 31 heavy (non-hydrogen) atoms. The molecule has 164 valence electrons. The highest BCUT2D eigenvalue weighted by molar-refractivity contribution is 7.89. The summed E-state index contributed by atoms with van der Waals surface area (Å²) in [7, 11) is -3.44. The van der Waals surface area contributed by atoms with E-state index in [1.54, 1.807) is 10.4 Å². The van der Waals surface area contributed by atoms with Crippen LogP contribution in [0.2, 0.25) is 0 Å².